The summed E-state index contributed by atoms with van der Waals surface area (Å²) in [6.07, 6.45) is 12.7. The van der Waals surface area contributed by atoms with Gasteiger partial charge in [-0.25, -0.2) is 14.4 Å². The Bertz CT molecular complexity index is 959. The van der Waals surface area contributed by atoms with Crippen LogP contribution >= 0.6 is 0 Å². The van der Waals surface area contributed by atoms with E-state index in [0.717, 1.165) is 48.3 Å². The fraction of sp³-hybridized carbons (Fsp3) is 0.467. The molecule has 1 atom stereocenters. The summed E-state index contributed by atoms with van der Waals surface area (Å²) in [6.45, 7) is 5.15. The molecule has 0 radical (unpaired) electrons. The number of aromatic nitrogens is 2. The molecule has 188 valence electrons. The largest absolute Gasteiger partial charge is 0.494 e. The normalized spacial score (nSPS) is 11.9. The van der Waals surface area contributed by atoms with E-state index in [4.69, 9.17) is 9.47 Å². The lowest BCUT2D eigenvalue weighted by Gasteiger charge is -2.10. The quantitative estimate of drug-likeness (QED) is 0.194. The molecule has 2 aromatic carbocycles. The molecule has 0 aliphatic heterocycles. The summed E-state index contributed by atoms with van der Waals surface area (Å²) in [5.74, 6) is 2.19. The first-order chi connectivity index (χ1) is 17.2. The van der Waals surface area contributed by atoms with Crippen molar-refractivity contribution < 1.29 is 13.9 Å². The molecule has 0 spiro atoms. The smallest absolute Gasteiger partial charge is 0.159 e. The first kappa shape index (κ1) is 26.7. The second-order valence-corrected chi connectivity index (χ2v) is 9.01. The molecule has 0 saturated heterocycles. The second kappa shape index (κ2) is 15.1. The maximum absolute atomic E-state index is 13.8. The Kier molecular flexibility index (Phi) is 11.5. The molecule has 35 heavy (non-hydrogen) atoms. The van der Waals surface area contributed by atoms with Gasteiger partial charge in [-0.15, -0.1) is 0 Å². The van der Waals surface area contributed by atoms with Crippen LogP contribution in [0.3, 0.4) is 0 Å². The van der Waals surface area contributed by atoms with Crippen LogP contribution in [0.2, 0.25) is 0 Å². The molecular formula is C30H39FN2O2. The summed E-state index contributed by atoms with van der Waals surface area (Å²) in [4.78, 5) is 9.07. The third-order valence-electron chi connectivity index (χ3n) is 6.02. The fourth-order valence-electron chi connectivity index (χ4n) is 3.84. The van der Waals surface area contributed by atoms with E-state index >= 15 is 0 Å². The predicted octanol–water partition coefficient (Wildman–Crippen LogP) is 8.46. The molecule has 0 fully saturated rings. The van der Waals surface area contributed by atoms with Crippen LogP contribution in [0.4, 0.5) is 4.39 Å². The third-order valence-corrected chi connectivity index (χ3v) is 6.02. The Morgan fingerprint density at radius 1 is 0.657 bits per heavy atom. The molecular weight excluding hydrogens is 439 g/mol. The number of nitrogens with zero attached hydrogens (tertiary/aromatic N) is 2. The van der Waals surface area contributed by atoms with Gasteiger partial charge in [-0.05, 0) is 54.8 Å². The maximum atomic E-state index is 13.8. The van der Waals surface area contributed by atoms with Crippen molar-refractivity contribution in [3.63, 3.8) is 0 Å². The molecule has 0 N–H and O–H groups in total. The van der Waals surface area contributed by atoms with Crippen LogP contribution in [0.1, 0.15) is 71.6 Å². The van der Waals surface area contributed by atoms with E-state index in [1.165, 1.54) is 32.1 Å². The van der Waals surface area contributed by atoms with Gasteiger partial charge >= 0.3 is 0 Å². The molecule has 0 bridgehead atoms. The topological polar surface area (TPSA) is 44.2 Å². The molecule has 4 nitrogen and oxygen atoms in total. The summed E-state index contributed by atoms with van der Waals surface area (Å²) < 4.78 is 25.2. The van der Waals surface area contributed by atoms with Crippen molar-refractivity contribution >= 4 is 0 Å². The van der Waals surface area contributed by atoms with Crippen molar-refractivity contribution in [1.82, 2.24) is 9.97 Å². The zero-order valence-corrected chi connectivity index (χ0v) is 21.2. The first-order valence-electron chi connectivity index (χ1n) is 13.1. The molecule has 5 heteroatoms. The summed E-state index contributed by atoms with van der Waals surface area (Å²) in [5, 5.41) is 0. The summed E-state index contributed by atoms with van der Waals surface area (Å²) >= 11 is 0. The number of hydrogen-bond acceptors (Lipinski definition) is 4. The van der Waals surface area contributed by atoms with Crippen molar-refractivity contribution in [2.45, 2.75) is 77.8 Å². The van der Waals surface area contributed by atoms with Crippen molar-refractivity contribution in [2.24, 2.45) is 0 Å². The fourth-order valence-corrected chi connectivity index (χ4v) is 3.84. The van der Waals surface area contributed by atoms with Crippen LogP contribution in [0.5, 0.6) is 11.5 Å². The van der Waals surface area contributed by atoms with Gasteiger partial charge in [-0.2, -0.15) is 0 Å². The molecule has 0 amide bonds. The number of ether oxygens (including phenoxy) is 2. The Morgan fingerprint density at radius 3 is 1.89 bits per heavy atom. The number of benzene rings is 2. The third kappa shape index (κ3) is 9.31. The van der Waals surface area contributed by atoms with E-state index in [0.29, 0.717) is 18.0 Å². The minimum Gasteiger partial charge on any atom is -0.494 e. The van der Waals surface area contributed by atoms with Gasteiger partial charge < -0.3 is 9.47 Å². The summed E-state index contributed by atoms with van der Waals surface area (Å²) in [7, 11) is 0. The SMILES string of the molecule is CCCCCCCCOc1ccc(-c2cnc(-c3ccc(OCC(F)CCCC)cc3)nc2)cc1. The average molecular weight is 479 g/mol. The van der Waals surface area contributed by atoms with Crippen LogP contribution in [0, 0.1) is 0 Å². The molecule has 3 rings (SSSR count). The van der Waals surface area contributed by atoms with Crippen LogP contribution < -0.4 is 9.47 Å². The Hall–Kier alpha value is -2.95. The molecule has 1 unspecified atom stereocenters. The molecule has 0 saturated carbocycles. The van der Waals surface area contributed by atoms with Gasteiger partial charge in [0.15, 0.2) is 5.82 Å². The number of hydrogen-bond donors (Lipinski definition) is 0. The predicted molar refractivity (Wildman–Crippen MR) is 142 cm³/mol. The molecule has 1 heterocycles. The molecule has 3 aromatic rings. The van der Waals surface area contributed by atoms with Gasteiger partial charge in [-0.1, -0.05) is 70.9 Å². The van der Waals surface area contributed by atoms with Crippen LogP contribution in [-0.2, 0) is 0 Å². The highest BCUT2D eigenvalue weighted by molar-refractivity contribution is 5.64. The van der Waals surface area contributed by atoms with Gasteiger partial charge in [0.25, 0.3) is 0 Å². The lowest BCUT2D eigenvalue weighted by Crippen LogP contribution is -2.12. The summed E-state index contributed by atoms with van der Waals surface area (Å²) in [6, 6.07) is 15.6. The first-order valence-corrected chi connectivity index (χ1v) is 13.1. The minimum atomic E-state index is -0.925. The number of halogens is 1. The van der Waals surface area contributed by atoms with E-state index in [1.807, 2.05) is 60.9 Å². The number of alkyl halides is 1. The van der Waals surface area contributed by atoms with Crippen LogP contribution in [0.15, 0.2) is 60.9 Å². The lowest BCUT2D eigenvalue weighted by molar-refractivity contribution is 0.184. The van der Waals surface area contributed by atoms with Crippen molar-refractivity contribution in [3.05, 3.63) is 60.9 Å². The number of rotatable bonds is 16. The van der Waals surface area contributed by atoms with Crippen LogP contribution in [0.25, 0.3) is 22.5 Å². The van der Waals surface area contributed by atoms with E-state index in [2.05, 4.69) is 23.8 Å². The molecule has 1 aromatic heterocycles. The van der Waals surface area contributed by atoms with Gasteiger partial charge in [0.05, 0.1) is 6.61 Å². The monoisotopic (exact) mass is 478 g/mol. The van der Waals surface area contributed by atoms with E-state index in [-0.39, 0.29) is 6.61 Å². The maximum Gasteiger partial charge on any atom is 0.159 e. The Morgan fingerprint density at radius 2 is 1.23 bits per heavy atom. The zero-order chi connectivity index (χ0) is 24.7. The average Bonchev–Trinajstić information content (AvgIpc) is 2.91. The summed E-state index contributed by atoms with van der Waals surface area (Å²) in [5.41, 5.74) is 2.90. The van der Waals surface area contributed by atoms with E-state index in [1.54, 1.807) is 0 Å². The Balaban J connectivity index is 1.47. The van der Waals surface area contributed by atoms with Gasteiger partial charge in [0, 0.05) is 23.5 Å². The van der Waals surface area contributed by atoms with Crippen molar-refractivity contribution in [3.8, 4) is 34.0 Å². The minimum absolute atomic E-state index is 0.0907. The van der Waals surface area contributed by atoms with Crippen molar-refractivity contribution in [2.75, 3.05) is 13.2 Å². The van der Waals surface area contributed by atoms with Gasteiger partial charge in [-0.3, -0.25) is 0 Å². The lowest BCUT2D eigenvalue weighted by atomic mass is 10.1. The number of unbranched alkanes of at least 4 members (excludes halogenated alkanes) is 6. The highest BCUT2D eigenvalue weighted by Crippen LogP contribution is 2.24. The van der Waals surface area contributed by atoms with E-state index < -0.39 is 6.17 Å². The zero-order valence-electron chi connectivity index (χ0n) is 21.2. The standard InChI is InChI=1S/C30H39FN2O2/c1-3-5-7-8-9-10-20-34-28-16-12-24(13-17-28)26-21-32-30(33-22-26)25-14-18-29(19-15-25)35-23-27(31)11-6-4-2/h12-19,21-22,27H,3-11,20,23H2,1-2H3. The van der Waals surface area contributed by atoms with E-state index in [9.17, 15) is 4.39 Å². The highest BCUT2D eigenvalue weighted by atomic mass is 19.1. The van der Waals surface area contributed by atoms with Gasteiger partial charge in [0.2, 0.25) is 0 Å². The second-order valence-electron chi connectivity index (χ2n) is 9.01. The van der Waals surface area contributed by atoms with Crippen molar-refractivity contribution in [1.29, 1.82) is 0 Å². The van der Waals surface area contributed by atoms with Gasteiger partial charge in [0.1, 0.15) is 24.3 Å². The molecule has 0 aliphatic rings. The Labute approximate surface area is 209 Å². The van der Waals surface area contributed by atoms with Crippen LogP contribution in [-0.4, -0.2) is 29.4 Å². The molecule has 0 aliphatic carbocycles. The highest BCUT2D eigenvalue weighted by Gasteiger charge is 2.08.